The number of halogens is 1. The number of hydrogen-bond acceptors (Lipinski definition) is 2. The Morgan fingerprint density at radius 3 is 2.87 bits per heavy atom. The van der Waals surface area contributed by atoms with Gasteiger partial charge >= 0.3 is 0 Å². The van der Waals surface area contributed by atoms with E-state index in [0.29, 0.717) is 4.83 Å². The molecule has 1 aliphatic carbocycles. The lowest BCUT2D eigenvalue weighted by atomic mass is 9.83. The number of ether oxygens (including phenoxy) is 2. The van der Waals surface area contributed by atoms with Crippen molar-refractivity contribution in [1.29, 1.82) is 0 Å². The van der Waals surface area contributed by atoms with Gasteiger partial charge in [0.05, 0.1) is 24.1 Å². The first-order valence-electron chi connectivity index (χ1n) is 6.09. The Labute approximate surface area is 101 Å². The zero-order chi connectivity index (χ0) is 10.7. The predicted octanol–water partition coefficient (Wildman–Crippen LogP) is 2.99. The summed E-state index contributed by atoms with van der Waals surface area (Å²) in [6.45, 7) is 4.85. The van der Waals surface area contributed by atoms with Crippen LogP contribution >= 0.6 is 15.9 Å². The van der Waals surface area contributed by atoms with Gasteiger partial charge in [-0.3, -0.25) is 0 Å². The summed E-state index contributed by atoms with van der Waals surface area (Å²) in [5.74, 6) is 1.68. The van der Waals surface area contributed by atoms with Gasteiger partial charge in [-0.2, -0.15) is 0 Å². The van der Waals surface area contributed by atoms with E-state index in [1.807, 2.05) is 0 Å². The summed E-state index contributed by atoms with van der Waals surface area (Å²) in [4.78, 5) is 0.401. The molecule has 0 spiro atoms. The van der Waals surface area contributed by atoms with Crippen LogP contribution in [0.1, 0.15) is 32.6 Å². The number of hydrogen-bond donors (Lipinski definition) is 0. The second-order valence-corrected chi connectivity index (χ2v) is 6.24. The fourth-order valence-electron chi connectivity index (χ4n) is 2.63. The highest BCUT2D eigenvalue weighted by atomic mass is 79.9. The third kappa shape index (κ3) is 3.43. The van der Waals surface area contributed by atoms with Crippen molar-refractivity contribution in [3.8, 4) is 0 Å². The van der Waals surface area contributed by atoms with Crippen LogP contribution in [0.25, 0.3) is 0 Å². The molecule has 0 N–H and O–H groups in total. The molecule has 88 valence electrons. The molecule has 4 atom stereocenters. The van der Waals surface area contributed by atoms with Crippen LogP contribution in [0.2, 0.25) is 0 Å². The van der Waals surface area contributed by atoms with E-state index >= 15 is 0 Å². The zero-order valence-electron chi connectivity index (χ0n) is 9.45. The molecule has 2 fully saturated rings. The lowest BCUT2D eigenvalue weighted by Gasteiger charge is -2.27. The monoisotopic (exact) mass is 276 g/mol. The van der Waals surface area contributed by atoms with Crippen molar-refractivity contribution in [3.05, 3.63) is 0 Å². The first-order chi connectivity index (χ1) is 7.25. The maximum atomic E-state index is 5.93. The second-order valence-electron chi connectivity index (χ2n) is 5.06. The maximum Gasteiger partial charge on any atom is 0.0955 e. The third-order valence-electron chi connectivity index (χ3n) is 3.55. The van der Waals surface area contributed by atoms with Gasteiger partial charge in [0.25, 0.3) is 0 Å². The highest BCUT2D eigenvalue weighted by Crippen LogP contribution is 2.29. The van der Waals surface area contributed by atoms with Crippen molar-refractivity contribution in [2.45, 2.75) is 43.5 Å². The van der Waals surface area contributed by atoms with Crippen LogP contribution in [0.3, 0.4) is 0 Å². The lowest BCUT2D eigenvalue weighted by Crippen LogP contribution is -2.27. The van der Waals surface area contributed by atoms with Crippen LogP contribution in [0.15, 0.2) is 0 Å². The minimum Gasteiger partial charge on any atom is -0.377 e. The van der Waals surface area contributed by atoms with Gasteiger partial charge in [-0.15, -0.1) is 0 Å². The van der Waals surface area contributed by atoms with E-state index in [9.17, 15) is 0 Å². The van der Waals surface area contributed by atoms with Crippen LogP contribution in [0, 0.1) is 11.8 Å². The minimum atomic E-state index is 0.280. The Hall–Kier alpha value is 0.400. The van der Waals surface area contributed by atoms with Crippen molar-refractivity contribution >= 4 is 15.9 Å². The molecule has 0 amide bonds. The average Bonchev–Trinajstić information content (AvgIpc) is 2.61. The van der Waals surface area contributed by atoms with Crippen molar-refractivity contribution in [3.63, 3.8) is 0 Å². The van der Waals surface area contributed by atoms with Gasteiger partial charge in [-0.05, 0) is 24.7 Å². The summed E-state index contributed by atoms with van der Waals surface area (Å²) in [5.41, 5.74) is 0. The molecule has 0 radical (unpaired) electrons. The molecule has 0 aromatic rings. The van der Waals surface area contributed by atoms with E-state index in [-0.39, 0.29) is 6.10 Å². The summed E-state index contributed by atoms with van der Waals surface area (Å²) >= 11 is 3.59. The summed E-state index contributed by atoms with van der Waals surface area (Å²) < 4.78 is 11.3. The molecule has 0 bridgehead atoms. The molecule has 3 heteroatoms. The average molecular weight is 277 g/mol. The lowest BCUT2D eigenvalue weighted by molar-refractivity contribution is 0.0126. The Morgan fingerprint density at radius 2 is 2.20 bits per heavy atom. The normalized spacial score (nSPS) is 42.0. The fourth-order valence-corrected chi connectivity index (χ4v) is 3.12. The Balaban J connectivity index is 1.68. The van der Waals surface area contributed by atoms with Crippen LogP contribution in [0.5, 0.6) is 0 Å². The molecule has 2 aliphatic rings. The zero-order valence-corrected chi connectivity index (χ0v) is 11.0. The van der Waals surface area contributed by atoms with Crippen LogP contribution in [-0.4, -0.2) is 30.8 Å². The van der Waals surface area contributed by atoms with E-state index in [2.05, 4.69) is 22.9 Å². The van der Waals surface area contributed by atoms with Gasteiger partial charge in [0.2, 0.25) is 0 Å². The topological polar surface area (TPSA) is 18.5 Å². The molecule has 1 heterocycles. The SMILES string of the molecule is CC1CCCC(COC2COCC2Br)C1. The minimum absolute atomic E-state index is 0.280. The first kappa shape index (κ1) is 11.9. The molecular weight excluding hydrogens is 256 g/mol. The maximum absolute atomic E-state index is 5.93. The van der Waals surface area contributed by atoms with Crippen molar-refractivity contribution < 1.29 is 9.47 Å². The van der Waals surface area contributed by atoms with Gasteiger partial charge in [0, 0.05) is 6.61 Å². The second kappa shape index (κ2) is 5.65. The molecular formula is C12H21BrO2. The summed E-state index contributed by atoms with van der Waals surface area (Å²) in [6.07, 6.45) is 5.77. The van der Waals surface area contributed by atoms with E-state index in [0.717, 1.165) is 31.7 Å². The number of rotatable bonds is 3. The van der Waals surface area contributed by atoms with E-state index < -0.39 is 0 Å². The van der Waals surface area contributed by atoms with Gasteiger partial charge in [0.15, 0.2) is 0 Å². The van der Waals surface area contributed by atoms with Crippen molar-refractivity contribution in [2.75, 3.05) is 19.8 Å². The van der Waals surface area contributed by atoms with Crippen molar-refractivity contribution in [1.82, 2.24) is 0 Å². The molecule has 2 nitrogen and oxygen atoms in total. The molecule has 0 aromatic heterocycles. The van der Waals surface area contributed by atoms with Crippen LogP contribution in [-0.2, 0) is 9.47 Å². The van der Waals surface area contributed by atoms with Gasteiger partial charge in [0.1, 0.15) is 0 Å². The molecule has 4 unspecified atom stereocenters. The molecule has 15 heavy (non-hydrogen) atoms. The van der Waals surface area contributed by atoms with E-state index in [1.54, 1.807) is 0 Å². The molecule has 1 saturated carbocycles. The van der Waals surface area contributed by atoms with Gasteiger partial charge in [-0.1, -0.05) is 35.7 Å². The van der Waals surface area contributed by atoms with Gasteiger partial charge < -0.3 is 9.47 Å². The fraction of sp³-hybridized carbons (Fsp3) is 1.00. The largest absolute Gasteiger partial charge is 0.377 e. The Kier molecular flexibility index (Phi) is 4.47. The van der Waals surface area contributed by atoms with E-state index in [1.165, 1.54) is 25.7 Å². The highest BCUT2D eigenvalue weighted by Gasteiger charge is 2.28. The highest BCUT2D eigenvalue weighted by molar-refractivity contribution is 9.09. The Bertz CT molecular complexity index is 198. The smallest absolute Gasteiger partial charge is 0.0955 e. The third-order valence-corrected chi connectivity index (χ3v) is 4.41. The van der Waals surface area contributed by atoms with E-state index in [4.69, 9.17) is 9.47 Å². The summed E-state index contributed by atoms with van der Waals surface area (Å²) in [6, 6.07) is 0. The number of alkyl halides is 1. The molecule has 1 saturated heterocycles. The van der Waals surface area contributed by atoms with Gasteiger partial charge in [-0.25, -0.2) is 0 Å². The summed E-state index contributed by atoms with van der Waals surface area (Å²) in [5, 5.41) is 0. The van der Waals surface area contributed by atoms with Crippen LogP contribution < -0.4 is 0 Å². The standard InChI is InChI=1S/C12H21BrO2/c1-9-3-2-4-10(5-9)6-15-12-8-14-7-11(12)13/h9-12H,2-8H2,1H3. The summed E-state index contributed by atoms with van der Waals surface area (Å²) in [7, 11) is 0. The first-order valence-corrected chi connectivity index (χ1v) is 7.00. The quantitative estimate of drug-likeness (QED) is 0.738. The van der Waals surface area contributed by atoms with Crippen molar-refractivity contribution in [2.24, 2.45) is 11.8 Å². The molecule has 1 aliphatic heterocycles. The molecule has 0 aromatic carbocycles. The predicted molar refractivity (Wildman–Crippen MR) is 64.4 cm³/mol. The van der Waals surface area contributed by atoms with Crippen LogP contribution in [0.4, 0.5) is 0 Å². The Morgan fingerprint density at radius 1 is 1.33 bits per heavy atom. The molecule has 2 rings (SSSR count).